The lowest BCUT2D eigenvalue weighted by molar-refractivity contribution is -0.384. The Labute approximate surface area is 121 Å². The predicted molar refractivity (Wildman–Crippen MR) is 72.3 cm³/mol. The standard InChI is InChI=1S/C11H13ClN2O5S/c1-11(4-5-19-7-11)13-20(17,18)8-2-3-9(12)10(6-8)14(15)16/h2-3,6,13H,4-5,7H2,1H3. The molecule has 1 aliphatic rings. The molecule has 2 rings (SSSR count). The third kappa shape index (κ3) is 3.09. The summed E-state index contributed by atoms with van der Waals surface area (Å²) >= 11 is 5.66. The zero-order valence-corrected chi connectivity index (χ0v) is 12.2. The number of nitro groups is 1. The van der Waals surface area contributed by atoms with Crippen molar-refractivity contribution >= 4 is 27.3 Å². The van der Waals surface area contributed by atoms with Crippen molar-refractivity contribution in [2.24, 2.45) is 0 Å². The molecule has 1 N–H and O–H groups in total. The van der Waals surface area contributed by atoms with Gasteiger partial charge in [0.1, 0.15) is 5.02 Å². The van der Waals surface area contributed by atoms with Gasteiger partial charge >= 0.3 is 0 Å². The van der Waals surface area contributed by atoms with Gasteiger partial charge in [-0.05, 0) is 25.5 Å². The number of ether oxygens (including phenoxy) is 1. The molecule has 9 heteroatoms. The molecule has 1 fully saturated rings. The van der Waals surface area contributed by atoms with Crippen molar-refractivity contribution in [1.82, 2.24) is 4.72 Å². The first-order valence-corrected chi connectivity index (χ1v) is 7.65. The van der Waals surface area contributed by atoms with Crippen molar-refractivity contribution < 1.29 is 18.1 Å². The molecule has 1 aromatic rings. The van der Waals surface area contributed by atoms with E-state index in [1.54, 1.807) is 6.92 Å². The molecule has 7 nitrogen and oxygen atoms in total. The summed E-state index contributed by atoms with van der Waals surface area (Å²) in [6, 6.07) is 3.38. The number of hydrogen-bond donors (Lipinski definition) is 1. The maximum atomic E-state index is 12.2. The molecule has 0 aromatic heterocycles. The SMILES string of the molecule is CC1(NS(=O)(=O)c2ccc(Cl)c([N+](=O)[O-])c2)CCOC1. The molecule has 20 heavy (non-hydrogen) atoms. The fourth-order valence-electron chi connectivity index (χ4n) is 1.93. The molecule has 0 spiro atoms. The van der Waals surface area contributed by atoms with Crippen LogP contribution in [0.2, 0.25) is 5.02 Å². The zero-order valence-electron chi connectivity index (χ0n) is 10.6. The van der Waals surface area contributed by atoms with Crippen LogP contribution in [-0.2, 0) is 14.8 Å². The number of halogens is 1. The van der Waals surface area contributed by atoms with Gasteiger partial charge in [0.05, 0.1) is 22.0 Å². The molecule has 0 amide bonds. The van der Waals surface area contributed by atoms with E-state index < -0.39 is 26.2 Å². The molecule has 1 saturated heterocycles. The Morgan fingerprint density at radius 2 is 2.20 bits per heavy atom. The highest BCUT2D eigenvalue weighted by Gasteiger charge is 2.35. The van der Waals surface area contributed by atoms with Gasteiger partial charge in [-0.2, -0.15) is 0 Å². The van der Waals surface area contributed by atoms with Gasteiger partial charge < -0.3 is 4.74 Å². The van der Waals surface area contributed by atoms with Crippen LogP contribution in [0.15, 0.2) is 23.1 Å². The number of nitro benzene ring substituents is 1. The second-order valence-corrected chi connectivity index (χ2v) is 6.93. The first-order chi connectivity index (χ1) is 9.23. The molecular formula is C11H13ClN2O5S. The number of nitrogens with zero attached hydrogens (tertiary/aromatic N) is 1. The van der Waals surface area contributed by atoms with Gasteiger partial charge in [0.25, 0.3) is 5.69 Å². The number of sulfonamides is 1. The van der Waals surface area contributed by atoms with Gasteiger partial charge in [0, 0.05) is 12.7 Å². The van der Waals surface area contributed by atoms with E-state index in [1.807, 2.05) is 0 Å². The molecule has 1 aromatic carbocycles. The second-order valence-electron chi connectivity index (χ2n) is 4.84. The van der Waals surface area contributed by atoms with E-state index >= 15 is 0 Å². The minimum Gasteiger partial charge on any atom is -0.379 e. The molecule has 0 saturated carbocycles. The number of hydrogen-bond acceptors (Lipinski definition) is 5. The third-order valence-electron chi connectivity index (χ3n) is 3.02. The Balaban J connectivity index is 2.34. The highest BCUT2D eigenvalue weighted by Crippen LogP contribution is 2.28. The fourth-order valence-corrected chi connectivity index (χ4v) is 3.56. The van der Waals surface area contributed by atoms with Crippen LogP contribution in [0.3, 0.4) is 0 Å². The minimum absolute atomic E-state index is 0.107. The van der Waals surface area contributed by atoms with Crippen molar-refractivity contribution in [3.63, 3.8) is 0 Å². The lowest BCUT2D eigenvalue weighted by Crippen LogP contribution is -2.46. The van der Waals surface area contributed by atoms with Crippen molar-refractivity contribution in [3.05, 3.63) is 33.3 Å². The first kappa shape index (κ1) is 15.2. The average Bonchev–Trinajstić information content (AvgIpc) is 2.74. The maximum absolute atomic E-state index is 12.2. The van der Waals surface area contributed by atoms with E-state index in [9.17, 15) is 18.5 Å². The lowest BCUT2D eigenvalue weighted by atomic mass is 10.0. The zero-order chi connectivity index (χ0) is 15.0. The Hall–Kier alpha value is -1.22. The van der Waals surface area contributed by atoms with Crippen molar-refractivity contribution in [3.8, 4) is 0 Å². The molecule has 0 bridgehead atoms. The predicted octanol–water partition coefficient (Wildman–Crippen LogP) is 1.71. The topological polar surface area (TPSA) is 98.5 Å². The molecule has 1 aliphatic heterocycles. The summed E-state index contributed by atoms with van der Waals surface area (Å²) in [5, 5.41) is 10.7. The summed E-state index contributed by atoms with van der Waals surface area (Å²) in [5.41, 5.74) is -1.14. The number of nitrogens with one attached hydrogen (secondary N) is 1. The average molecular weight is 321 g/mol. The van der Waals surface area contributed by atoms with Gasteiger partial charge in [0.2, 0.25) is 10.0 Å². The lowest BCUT2D eigenvalue weighted by Gasteiger charge is -2.23. The van der Waals surface area contributed by atoms with Gasteiger partial charge in [-0.1, -0.05) is 11.6 Å². The van der Waals surface area contributed by atoms with E-state index in [0.29, 0.717) is 13.0 Å². The van der Waals surface area contributed by atoms with Gasteiger partial charge in [-0.25, -0.2) is 13.1 Å². The van der Waals surface area contributed by atoms with Crippen LogP contribution in [0.1, 0.15) is 13.3 Å². The fraction of sp³-hybridized carbons (Fsp3) is 0.455. The Morgan fingerprint density at radius 3 is 2.75 bits per heavy atom. The highest BCUT2D eigenvalue weighted by atomic mass is 35.5. The second kappa shape index (κ2) is 5.28. The molecule has 1 atom stereocenters. The molecule has 1 unspecified atom stereocenters. The van der Waals surface area contributed by atoms with Crippen molar-refractivity contribution in [2.75, 3.05) is 13.2 Å². The maximum Gasteiger partial charge on any atom is 0.289 e. The third-order valence-corrected chi connectivity index (χ3v) is 4.98. The van der Waals surface area contributed by atoms with Crippen LogP contribution in [-0.4, -0.2) is 32.1 Å². The number of rotatable bonds is 4. The Bertz CT molecular complexity index is 640. The van der Waals surface area contributed by atoms with E-state index in [-0.39, 0.29) is 16.5 Å². The Kier molecular flexibility index (Phi) is 4.01. The molecular weight excluding hydrogens is 308 g/mol. The van der Waals surface area contributed by atoms with Gasteiger partial charge in [-0.3, -0.25) is 10.1 Å². The van der Waals surface area contributed by atoms with Crippen LogP contribution >= 0.6 is 11.6 Å². The van der Waals surface area contributed by atoms with E-state index in [0.717, 1.165) is 6.07 Å². The molecule has 0 aliphatic carbocycles. The van der Waals surface area contributed by atoms with Gasteiger partial charge in [0.15, 0.2) is 0 Å². The molecule has 110 valence electrons. The highest BCUT2D eigenvalue weighted by molar-refractivity contribution is 7.89. The summed E-state index contributed by atoms with van der Waals surface area (Å²) in [5.74, 6) is 0. The first-order valence-electron chi connectivity index (χ1n) is 5.79. The van der Waals surface area contributed by atoms with Crippen LogP contribution in [0.5, 0.6) is 0 Å². The molecule has 1 heterocycles. The summed E-state index contributed by atoms with van der Waals surface area (Å²) in [6.45, 7) is 2.46. The quantitative estimate of drug-likeness (QED) is 0.672. The summed E-state index contributed by atoms with van der Waals surface area (Å²) in [6.07, 6.45) is 0.544. The van der Waals surface area contributed by atoms with Gasteiger partial charge in [-0.15, -0.1) is 0 Å². The minimum atomic E-state index is -3.87. The van der Waals surface area contributed by atoms with E-state index in [1.165, 1.54) is 12.1 Å². The van der Waals surface area contributed by atoms with E-state index in [4.69, 9.17) is 16.3 Å². The van der Waals surface area contributed by atoms with Crippen LogP contribution in [0, 0.1) is 10.1 Å². The van der Waals surface area contributed by atoms with Crippen LogP contribution < -0.4 is 4.72 Å². The summed E-state index contributed by atoms with van der Waals surface area (Å²) in [7, 11) is -3.87. The smallest absolute Gasteiger partial charge is 0.289 e. The summed E-state index contributed by atoms with van der Waals surface area (Å²) in [4.78, 5) is 9.88. The van der Waals surface area contributed by atoms with Crippen LogP contribution in [0.4, 0.5) is 5.69 Å². The monoisotopic (exact) mass is 320 g/mol. The van der Waals surface area contributed by atoms with Crippen molar-refractivity contribution in [2.45, 2.75) is 23.8 Å². The van der Waals surface area contributed by atoms with E-state index in [2.05, 4.69) is 4.72 Å². The largest absolute Gasteiger partial charge is 0.379 e. The van der Waals surface area contributed by atoms with Crippen molar-refractivity contribution in [1.29, 1.82) is 0 Å². The number of benzene rings is 1. The normalized spacial score (nSPS) is 22.9. The summed E-state index contributed by atoms with van der Waals surface area (Å²) < 4.78 is 32.2. The van der Waals surface area contributed by atoms with Crippen LogP contribution in [0.25, 0.3) is 0 Å². The Morgan fingerprint density at radius 1 is 1.50 bits per heavy atom. The molecule has 0 radical (unpaired) electrons.